The summed E-state index contributed by atoms with van der Waals surface area (Å²) in [5.41, 5.74) is 4.09. The smallest absolute Gasteiger partial charge is 0.338 e. The SMILES string of the molecule is CCOC(=O)C1=C(c2ccccc2)N=c2s/c(=C\c3ccc(C)c(OC)c3)c(=O)n2[C@H]1c1ccc(SC)cc1. The lowest BCUT2D eigenvalue weighted by atomic mass is 9.93. The Bertz CT molecular complexity index is 1740. The van der Waals surface area contributed by atoms with E-state index in [1.807, 2.05) is 92.1 Å². The predicted octanol–water partition coefficient (Wildman–Crippen LogP) is 4.97. The summed E-state index contributed by atoms with van der Waals surface area (Å²) in [6, 6.07) is 22.6. The van der Waals surface area contributed by atoms with E-state index in [0.717, 1.165) is 32.9 Å². The molecular weight excluding hydrogens is 528 g/mol. The molecule has 6 nitrogen and oxygen atoms in total. The van der Waals surface area contributed by atoms with Gasteiger partial charge in [-0.2, -0.15) is 0 Å². The third kappa shape index (κ3) is 5.22. The van der Waals surface area contributed by atoms with Crippen LogP contribution in [0, 0.1) is 6.92 Å². The van der Waals surface area contributed by atoms with Crippen LogP contribution < -0.4 is 19.6 Å². The van der Waals surface area contributed by atoms with E-state index in [4.69, 9.17) is 14.5 Å². The van der Waals surface area contributed by atoms with Crippen LogP contribution in [0.5, 0.6) is 5.75 Å². The van der Waals surface area contributed by atoms with Gasteiger partial charge in [-0.05, 0) is 61.1 Å². The summed E-state index contributed by atoms with van der Waals surface area (Å²) >= 11 is 2.93. The predicted molar refractivity (Wildman–Crippen MR) is 157 cm³/mol. The Balaban J connectivity index is 1.80. The summed E-state index contributed by atoms with van der Waals surface area (Å²) in [7, 11) is 1.63. The number of benzene rings is 3. The van der Waals surface area contributed by atoms with E-state index in [0.29, 0.717) is 20.6 Å². The minimum Gasteiger partial charge on any atom is -0.496 e. The normalized spacial score (nSPS) is 15.1. The van der Waals surface area contributed by atoms with Gasteiger partial charge in [-0.25, -0.2) is 9.79 Å². The van der Waals surface area contributed by atoms with Gasteiger partial charge in [0, 0.05) is 10.5 Å². The number of nitrogens with zero attached hydrogens (tertiary/aromatic N) is 2. The highest BCUT2D eigenvalue weighted by Gasteiger charge is 2.35. The van der Waals surface area contributed by atoms with E-state index in [2.05, 4.69) is 0 Å². The Morgan fingerprint density at radius 2 is 1.85 bits per heavy atom. The molecule has 0 radical (unpaired) electrons. The molecule has 198 valence electrons. The van der Waals surface area contributed by atoms with Crippen LogP contribution in [0.3, 0.4) is 0 Å². The second kappa shape index (κ2) is 11.5. The van der Waals surface area contributed by atoms with E-state index in [1.54, 1.807) is 30.4 Å². The van der Waals surface area contributed by atoms with Gasteiger partial charge in [-0.1, -0.05) is 65.9 Å². The first-order valence-electron chi connectivity index (χ1n) is 12.5. The molecule has 1 aliphatic heterocycles. The fourth-order valence-electron chi connectivity index (χ4n) is 4.62. The van der Waals surface area contributed by atoms with Crippen LogP contribution in [-0.2, 0) is 9.53 Å². The molecule has 0 bridgehead atoms. The fourth-order valence-corrected chi connectivity index (χ4v) is 6.03. The molecule has 0 spiro atoms. The minimum atomic E-state index is -0.693. The molecule has 1 aliphatic rings. The molecule has 1 atom stereocenters. The molecule has 0 saturated heterocycles. The Kier molecular flexibility index (Phi) is 7.86. The number of methoxy groups -OCH3 is 1. The van der Waals surface area contributed by atoms with E-state index in [9.17, 15) is 9.59 Å². The summed E-state index contributed by atoms with van der Waals surface area (Å²) in [5, 5.41) is 0. The highest BCUT2D eigenvalue weighted by molar-refractivity contribution is 7.98. The molecular formula is C31H28N2O4S2. The molecule has 0 fully saturated rings. The quantitative estimate of drug-likeness (QED) is 0.237. The number of hydrogen-bond acceptors (Lipinski definition) is 7. The first-order chi connectivity index (χ1) is 18.9. The van der Waals surface area contributed by atoms with Crippen molar-refractivity contribution < 1.29 is 14.3 Å². The largest absolute Gasteiger partial charge is 0.496 e. The summed E-state index contributed by atoms with van der Waals surface area (Å²) in [6.07, 6.45) is 3.85. The summed E-state index contributed by atoms with van der Waals surface area (Å²) in [5.74, 6) is 0.260. The molecule has 0 aliphatic carbocycles. The van der Waals surface area contributed by atoms with Crippen molar-refractivity contribution in [1.29, 1.82) is 0 Å². The molecule has 0 amide bonds. The molecule has 0 unspecified atom stereocenters. The van der Waals surface area contributed by atoms with Crippen molar-refractivity contribution >= 4 is 40.8 Å². The number of aryl methyl sites for hydroxylation is 1. The Labute approximate surface area is 235 Å². The third-order valence-electron chi connectivity index (χ3n) is 6.54. The van der Waals surface area contributed by atoms with Gasteiger partial charge in [-0.15, -0.1) is 11.8 Å². The molecule has 1 aromatic heterocycles. The van der Waals surface area contributed by atoms with E-state index >= 15 is 0 Å². The zero-order valence-electron chi connectivity index (χ0n) is 22.1. The second-order valence-corrected chi connectivity index (χ2v) is 10.8. The molecule has 3 aromatic carbocycles. The fraction of sp³-hybridized carbons (Fsp3) is 0.194. The van der Waals surface area contributed by atoms with Gasteiger partial charge in [0.05, 0.1) is 35.6 Å². The molecule has 2 heterocycles. The lowest BCUT2D eigenvalue weighted by Crippen LogP contribution is -2.40. The minimum absolute atomic E-state index is 0.211. The number of hydrogen-bond donors (Lipinski definition) is 0. The van der Waals surface area contributed by atoms with Gasteiger partial charge in [0.1, 0.15) is 5.75 Å². The van der Waals surface area contributed by atoms with Crippen LogP contribution >= 0.6 is 23.1 Å². The lowest BCUT2D eigenvalue weighted by molar-refractivity contribution is -0.138. The maximum Gasteiger partial charge on any atom is 0.338 e. The van der Waals surface area contributed by atoms with Gasteiger partial charge in [0.25, 0.3) is 5.56 Å². The molecule has 0 saturated carbocycles. The maximum absolute atomic E-state index is 14.0. The lowest BCUT2D eigenvalue weighted by Gasteiger charge is -2.26. The zero-order chi connectivity index (χ0) is 27.5. The van der Waals surface area contributed by atoms with Gasteiger partial charge in [0.15, 0.2) is 4.80 Å². The molecule has 5 rings (SSSR count). The highest BCUT2D eigenvalue weighted by atomic mass is 32.2. The van der Waals surface area contributed by atoms with Crippen LogP contribution in [0.4, 0.5) is 0 Å². The van der Waals surface area contributed by atoms with Crippen molar-refractivity contribution in [3.05, 3.63) is 120 Å². The summed E-state index contributed by atoms with van der Waals surface area (Å²) in [4.78, 5) is 34.0. The first kappa shape index (κ1) is 26.7. The standard InChI is InChI=1S/C31H28N2O4S2/c1-5-37-30(35)26-27(21-9-7-6-8-10-21)32-31-33(28(26)22-13-15-23(38-4)16-14-22)29(34)25(39-31)18-20-12-11-19(2)24(17-20)36-3/h6-18,28H,5H2,1-4H3/b25-18-/t28-/m0/s1. The number of ether oxygens (including phenoxy) is 2. The monoisotopic (exact) mass is 556 g/mol. The highest BCUT2D eigenvalue weighted by Crippen LogP contribution is 2.35. The van der Waals surface area contributed by atoms with Crippen LogP contribution in [0.15, 0.2) is 93.1 Å². The molecule has 39 heavy (non-hydrogen) atoms. The van der Waals surface area contributed by atoms with Gasteiger partial charge >= 0.3 is 5.97 Å². The number of carbonyl (C=O) groups is 1. The number of carbonyl (C=O) groups excluding carboxylic acids is 1. The molecule has 0 N–H and O–H groups in total. The first-order valence-corrected chi connectivity index (χ1v) is 14.6. The zero-order valence-corrected chi connectivity index (χ0v) is 23.8. The Morgan fingerprint density at radius 1 is 1.10 bits per heavy atom. The number of esters is 1. The van der Waals surface area contributed by atoms with Crippen LogP contribution in [0.25, 0.3) is 11.8 Å². The maximum atomic E-state index is 14.0. The number of thiazole rings is 1. The second-order valence-electron chi connectivity index (χ2n) is 8.93. The van der Waals surface area contributed by atoms with Crippen molar-refractivity contribution in [1.82, 2.24) is 4.57 Å². The number of fused-ring (bicyclic) bond motifs is 1. The average Bonchev–Trinajstić information content (AvgIpc) is 3.28. The third-order valence-corrected chi connectivity index (χ3v) is 8.26. The Morgan fingerprint density at radius 3 is 2.51 bits per heavy atom. The van der Waals surface area contributed by atoms with Gasteiger partial charge in [0.2, 0.25) is 0 Å². The molecule has 4 aromatic rings. The van der Waals surface area contributed by atoms with Crippen molar-refractivity contribution in [3.63, 3.8) is 0 Å². The van der Waals surface area contributed by atoms with Gasteiger partial charge < -0.3 is 9.47 Å². The van der Waals surface area contributed by atoms with Crippen LogP contribution in [0.2, 0.25) is 0 Å². The molecule has 8 heteroatoms. The topological polar surface area (TPSA) is 69.9 Å². The van der Waals surface area contributed by atoms with Crippen LogP contribution in [0.1, 0.15) is 35.2 Å². The van der Waals surface area contributed by atoms with Gasteiger partial charge in [-0.3, -0.25) is 9.36 Å². The van der Waals surface area contributed by atoms with E-state index < -0.39 is 12.0 Å². The van der Waals surface area contributed by atoms with Crippen molar-refractivity contribution in [2.75, 3.05) is 20.0 Å². The van der Waals surface area contributed by atoms with E-state index in [1.165, 1.54) is 11.3 Å². The van der Waals surface area contributed by atoms with Crippen molar-refractivity contribution in [2.45, 2.75) is 24.8 Å². The number of rotatable bonds is 7. The number of aromatic nitrogens is 1. The average molecular weight is 557 g/mol. The van der Waals surface area contributed by atoms with Crippen molar-refractivity contribution in [3.8, 4) is 5.75 Å². The number of thioether (sulfide) groups is 1. The van der Waals surface area contributed by atoms with E-state index in [-0.39, 0.29) is 12.2 Å². The summed E-state index contributed by atoms with van der Waals surface area (Å²) < 4.78 is 13.1. The van der Waals surface area contributed by atoms with Crippen molar-refractivity contribution in [2.24, 2.45) is 4.99 Å². The van der Waals surface area contributed by atoms with Crippen LogP contribution in [-0.4, -0.2) is 30.5 Å². The summed E-state index contributed by atoms with van der Waals surface area (Å²) in [6.45, 7) is 3.96. The Hall–Kier alpha value is -3.88.